The molecule has 6 N–H and O–H groups in total. The molecule has 1 aliphatic heterocycles. The molecule has 0 spiro atoms. The van der Waals surface area contributed by atoms with Gasteiger partial charge in [0, 0.05) is 0 Å². The van der Waals surface area contributed by atoms with Gasteiger partial charge in [-0.25, -0.2) is 32.8 Å². The summed E-state index contributed by atoms with van der Waals surface area (Å²) in [6.45, 7) is -4.95. The number of hydrazine groups is 1. The van der Waals surface area contributed by atoms with Crippen molar-refractivity contribution in [1.29, 1.82) is 0 Å². The molecule has 2 aromatic heterocycles. The zero-order chi connectivity index (χ0) is 23.0. The van der Waals surface area contributed by atoms with Gasteiger partial charge in [-0.2, -0.15) is 4.31 Å². The fraction of sp³-hybridized carbons (Fsp3) is 0.545. The highest BCUT2D eigenvalue weighted by Gasteiger charge is 2.46. The van der Waals surface area contributed by atoms with E-state index in [4.69, 9.17) is 15.1 Å². The molecule has 3 heterocycles. The Morgan fingerprint density at radius 1 is 1.42 bits per heavy atom. The molecule has 15 nitrogen and oxygen atoms in total. The summed E-state index contributed by atoms with van der Waals surface area (Å²) < 4.78 is 43.9. The number of anilines is 1. The molecular weight excluding hydrogens is 613 g/mol. The number of imidazole rings is 1. The molecule has 0 aliphatic carbocycles. The van der Waals surface area contributed by atoms with Gasteiger partial charge in [-0.1, -0.05) is 24.0 Å². The molecule has 0 aromatic carbocycles. The molecule has 2 aromatic rings. The highest BCUT2D eigenvalue weighted by atomic mass is 127. The predicted octanol–water partition coefficient (Wildman–Crippen LogP) is 0.991. The quantitative estimate of drug-likeness (QED) is 0.0434. The monoisotopic (exact) mass is 630 g/mol. The third kappa shape index (κ3) is 5.71. The molecule has 1 aliphatic rings. The zero-order valence-corrected chi connectivity index (χ0v) is 21.0. The van der Waals surface area contributed by atoms with Gasteiger partial charge in [0.15, 0.2) is 28.4 Å². The summed E-state index contributed by atoms with van der Waals surface area (Å²) in [5.41, 5.74) is 2.99. The van der Waals surface area contributed by atoms with E-state index in [0.717, 1.165) is 23.0 Å². The lowest BCUT2D eigenvalue weighted by Gasteiger charge is -2.18. The van der Waals surface area contributed by atoms with E-state index in [2.05, 4.69) is 39.8 Å². The first-order valence-electron chi connectivity index (χ1n) is 8.10. The molecule has 0 bridgehead atoms. The largest absolute Gasteiger partial charge is 0.489 e. The normalized spacial score (nSPS) is 27.8. The Bertz CT molecular complexity index is 1050. The molecule has 31 heavy (non-hydrogen) atoms. The van der Waals surface area contributed by atoms with Crippen LogP contribution in [0.4, 0.5) is 5.82 Å². The van der Waals surface area contributed by atoms with Gasteiger partial charge in [0.2, 0.25) is 0 Å². The molecule has 1 saturated heterocycles. The fourth-order valence-corrected chi connectivity index (χ4v) is 6.41. The van der Waals surface area contributed by atoms with Crippen LogP contribution in [0.15, 0.2) is 11.5 Å². The molecule has 0 saturated carbocycles. The molecule has 6 atom stereocenters. The van der Waals surface area contributed by atoms with Crippen LogP contribution in [0.2, 0.25) is 0 Å². The van der Waals surface area contributed by atoms with Crippen LogP contribution in [0.1, 0.15) is 6.23 Å². The summed E-state index contributed by atoms with van der Waals surface area (Å²) >= 11 is 5.91. The maximum absolute atomic E-state index is 12.1. The number of nitrogens with two attached hydrogens (primary N) is 1. The van der Waals surface area contributed by atoms with Crippen molar-refractivity contribution in [1.82, 2.24) is 19.5 Å². The van der Waals surface area contributed by atoms with Crippen molar-refractivity contribution < 1.29 is 40.7 Å². The van der Waals surface area contributed by atoms with Gasteiger partial charge in [0.1, 0.15) is 41.3 Å². The van der Waals surface area contributed by atoms with Crippen LogP contribution in [-0.2, 0) is 25.6 Å². The lowest BCUT2D eigenvalue weighted by Crippen LogP contribution is -2.33. The number of aliphatic hydroxyl groups is 2. The van der Waals surface area contributed by atoms with Crippen molar-refractivity contribution in [3.05, 3.63) is 6.33 Å². The van der Waals surface area contributed by atoms with Crippen LogP contribution < -0.4 is 11.3 Å². The second-order valence-electron chi connectivity index (χ2n) is 5.96. The van der Waals surface area contributed by atoms with Gasteiger partial charge in [-0.15, -0.1) is 0 Å². The Hall–Kier alpha value is -0.0800. The maximum Gasteiger partial charge on any atom is 0.489 e. The molecule has 174 valence electrons. The number of nitrogens with one attached hydrogen (secondary N) is 1. The van der Waals surface area contributed by atoms with Gasteiger partial charge >= 0.3 is 14.6 Å². The van der Waals surface area contributed by atoms with Crippen LogP contribution in [-0.4, -0.2) is 65.8 Å². The summed E-state index contributed by atoms with van der Waals surface area (Å²) in [7, 11) is -4.65. The average Bonchev–Trinajstić information content (AvgIpc) is 3.26. The van der Waals surface area contributed by atoms with E-state index in [1.54, 1.807) is 6.26 Å². The fourth-order valence-electron chi connectivity index (χ4n) is 2.71. The summed E-state index contributed by atoms with van der Waals surface area (Å²) in [5.74, 6) is 5.73. The number of halogens is 1. The van der Waals surface area contributed by atoms with Gasteiger partial charge < -0.3 is 25.3 Å². The van der Waals surface area contributed by atoms with E-state index in [0.29, 0.717) is 10.7 Å². The molecule has 1 fully saturated rings. The topological polar surface area (TPSA) is 213 Å². The third-order valence-electron chi connectivity index (χ3n) is 4.03. The van der Waals surface area contributed by atoms with Crippen molar-refractivity contribution >= 4 is 78.6 Å². The van der Waals surface area contributed by atoms with E-state index in [-0.39, 0.29) is 11.5 Å². The standard InChI is InChI=1S/C11H17IN6O9P2S2/c1-31-11-15-8(17-13)5-9(16-11)18(3-14-5)10-7(20)6(19)4(25-10)2-24-29(23,30)27-28(21,22)26-12/h3-4,6-7,10,19-20H,2,13H2,1H3,(H,21,22)(H,23,30)(H,15,16,17)/t4-,6-,7?,10-,29-/m1/s1. The molecule has 3 rings (SSSR count). The number of fused-ring (bicyclic) bond motifs is 1. The van der Waals surface area contributed by atoms with E-state index >= 15 is 0 Å². The number of thiol groups is 1. The number of aliphatic hydroxyl groups excluding tert-OH is 2. The molecule has 20 heteroatoms. The smallest absolute Gasteiger partial charge is 0.387 e. The van der Waals surface area contributed by atoms with Crippen molar-refractivity contribution in [2.45, 2.75) is 29.7 Å². The van der Waals surface area contributed by atoms with Crippen LogP contribution >= 0.6 is 61.6 Å². The number of thioether (sulfide) groups is 1. The lowest BCUT2D eigenvalue weighted by molar-refractivity contribution is -0.0478. The number of hydrogen-bond acceptors (Lipinski definition) is 14. The lowest BCUT2D eigenvalue weighted by atomic mass is 10.1. The zero-order valence-electron chi connectivity index (χ0n) is 15.4. The molecule has 0 radical (unpaired) electrons. The first-order chi connectivity index (χ1) is 14.5. The first kappa shape index (κ1) is 25.5. The Labute approximate surface area is 198 Å². The summed E-state index contributed by atoms with van der Waals surface area (Å²) in [5, 5.41) is 21.2. The van der Waals surface area contributed by atoms with Crippen molar-refractivity contribution in [2.75, 3.05) is 18.3 Å². The van der Waals surface area contributed by atoms with Crippen LogP contribution in [0.3, 0.4) is 0 Å². The molecule has 0 amide bonds. The Morgan fingerprint density at radius 2 is 2.13 bits per heavy atom. The summed E-state index contributed by atoms with van der Waals surface area (Å²) in [6, 6.07) is 0. The second kappa shape index (κ2) is 10.0. The first-order valence-corrected chi connectivity index (χ1v) is 14.4. The van der Waals surface area contributed by atoms with Crippen molar-refractivity contribution in [3.63, 3.8) is 0 Å². The minimum absolute atomic E-state index is 0.250. The number of nitrogens with zero attached hydrogens (tertiary/aromatic N) is 4. The Kier molecular flexibility index (Phi) is 8.27. The van der Waals surface area contributed by atoms with Gasteiger partial charge in [0.25, 0.3) is 0 Å². The highest BCUT2D eigenvalue weighted by molar-refractivity contribution is 14.1. The molecular formula is C11H17IN6O9P2S2. The average molecular weight is 630 g/mol. The minimum atomic E-state index is -4.65. The van der Waals surface area contributed by atoms with Crippen LogP contribution in [0, 0.1) is 0 Å². The van der Waals surface area contributed by atoms with E-state index < -0.39 is 45.8 Å². The summed E-state index contributed by atoms with van der Waals surface area (Å²) in [4.78, 5) is 21.9. The summed E-state index contributed by atoms with van der Waals surface area (Å²) in [6.07, 6.45) is -2.20. The van der Waals surface area contributed by atoms with Crippen molar-refractivity contribution in [2.24, 2.45) is 5.84 Å². The van der Waals surface area contributed by atoms with Gasteiger partial charge in [0.05, 0.1) is 12.9 Å². The van der Waals surface area contributed by atoms with Gasteiger partial charge in [-0.3, -0.25) is 9.09 Å². The minimum Gasteiger partial charge on any atom is -0.387 e. The predicted molar refractivity (Wildman–Crippen MR) is 119 cm³/mol. The number of phosphoric acid groups is 1. The SMILES string of the molecule is CSc1nc(NN)c2ncn([C@@H]3O[C@H](CO[P@@](=O)(S)OP(=O)(O)OI)[C@@H](O)C3O)c2n1. The number of ether oxygens (including phenoxy) is 1. The van der Waals surface area contributed by atoms with E-state index in [9.17, 15) is 24.2 Å². The highest BCUT2D eigenvalue weighted by Crippen LogP contribution is 2.66. The number of rotatable bonds is 9. The number of aromatic nitrogens is 4. The molecule has 2 unspecified atom stereocenters. The van der Waals surface area contributed by atoms with Crippen molar-refractivity contribution in [3.8, 4) is 0 Å². The van der Waals surface area contributed by atoms with Crippen LogP contribution in [0.25, 0.3) is 11.2 Å². The number of nitrogen functional groups attached to an aromatic ring is 1. The van der Waals surface area contributed by atoms with Crippen LogP contribution in [0.5, 0.6) is 0 Å². The van der Waals surface area contributed by atoms with E-state index in [1.165, 1.54) is 22.7 Å². The Morgan fingerprint density at radius 3 is 2.74 bits per heavy atom. The Balaban J connectivity index is 1.80. The number of hydrogen-bond donors (Lipinski definition) is 6. The van der Waals surface area contributed by atoms with Gasteiger partial charge in [-0.05, 0) is 6.26 Å². The second-order valence-corrected chi connectivity index (χ2v) is 12.3. The van der Waals surface area contributed by atoms with E-state index in [1.807, 2.05) is 0 Å². The third-order valence-corrected chi connectivity index (χ3v) is 9.37. The maximum atomic E-state index is 12.1.